The van der Waals surface area contributed by atoms with Crippen molar-refractivity contribution in [2.24, 2.45) is 17.7 Å². The number of aliphatic hydroxyl groups is 3. The third-order valence-electron chi connectivity index (χ3n) is 4.91. The van der Waals surface area contributed by atoms with Gasteiger partial charge >= 0.3 is 5.97 Å². The topological polar surface area (TPSA) is 133 Å². The highest BCUT2D eigenvalue weighted by atomic mass is 16.6. The number of rotatable bonds is 12. The van der Waals surface area contributed by atoms with Crippen molar-refractivity contribution in [3.63, 3.8) is 0 Å². The van der Waals surface area contributed by atoms with E-state index in [0.29, 0.717) is 25.7 Å². The van der Waals surface area contributed by atoms with Crippen LogP contribution >= 0.6 is 0 Å². The first-order valence-corrected chi connectivity index (χ1v) is 10.2. The summed E-state index contributed by atoms with van der Waals surface area (Å²) in [5.41, 5.74) is 0. The summed E-state index contributed by atoms with van der Waals surface area (Å²) < 4.78 is 0. The van der Waals surface area contributed by atoms with E-state index >= 15 is 0 Å². The van der Waals surface area contributed by atoms with Crippen LogP contribution in [0.2, 0.25) is 0 Å². The van der Waals surface area contributed by atoms with E-state index in [4.69, 9.17) is 5.11 Å². The highest BCUT2D eigenvalue weighted by Gasteiger charge is 2.39. The summed E-state index contributed by atoms with van der Waals surface area (Å²) in [4.78, 5) is 14.2. The Kier molecular flexibility index (Phi) is 15.9. The molecule has 5 unspecified atom stereocenters. The largest absolute Gasteiger partial charge is 0.481 e. The van der Waals surface area contributed by atoms with Gasteiger partial charge in [0.05, 0.1) is 25.4 Å². The van der Waals surface area contributed by atoms with Crippen LogP contribution in [-0.4, -0.2) is 51.8 Å². The number of hydrogen-bond acceptors (Lipinski definition) is 6. The summed E-state index contributed by atoms with van der Waals surface area (Å²) in [6.45, 7) is 2.12. The lowest BCUT2D eigenvalue weighted by atomic mass is 9.89. The third-order valence-corrected chi connectivity index (χ3v) is 4.91. The predicted molar refractivity (Wildman–Crippen MR) is 109 cm³/mol. The molecule has 0 saturated heterocycles. The molecule has 1 rings (SSSR count). The van der Waals surface area contributed by atoms with Crippen LogP contribution in [0.1, 0.15) is 64.7 Å². The van der Waals surface area contributed by atoms with Gasteiger partial charge in [0.25, 0.3) is 0 Å². The molecule has 1 saturated carbocycles. The lowest BCUT2D eigenvalue weighted by Gasteiger charge is -2.19. The van der Waals surface area contributed by atoms with Gasteiger partial charge in [-0.15, -0.1) is 0 Å². The normalized spacial score (nSPS) is 25.8. The highest BCUT2D eigenvalue weighted by Crippen LogP contribution is 2.36. The van der Waals surface area contributed by atoms with Crippen molar-refractivity contribution in [3.8, 4) is 0 Å². The second-order valence-corrected chi connectivity index (χ2v) is 7.29. The summed E-state index contributed by atoms with van der Waals surface area (Å²) in [6, 6.07) is 0. The van der Waals surface area contributed by atoms with Crippen LogP contribution in [-0.2, 0) is 9.63 Å². The fraction of sp³-hybridized carbons (Fsp3) is 0.762. The van der Waals surface area contributed by atoms with Gasteiger partial charge in [0.1, 0.15) is 0 Å². The van der Waals surface area contributed by atoms with Crippen LogP contribution < -0.4 is 5.90 Å². The van der Waals surface area contributed by atoms with Crippen LogP contribution in [0.15, 0.2) is 24.3 Å². The van der Waals surface area contributed by atoms with Crippen molar-refractivity contribution in [2.75, 3.05) is 7.11 Å². The van der Waals surface area contributed by atoms with Crippen molar-refractivity contribution in [1.82, 2.24) is 0 Å². The van der Waals surface area contributed by atoms with Crippen molar-refractivity contribution in [3.05, 3.63) is 24.3 Å². The summed E-state index contributed by atoms with van der Waals surface area (Å²) in [7, 11) is 1.40. The molecule has 5 atom stereocenters. The predicted octanol–water partition coefficient (Wildman–Crippen LogP) is 2.55. The molecule has 164 valence electrons. The van der Waals surface area contributed by atoms with E-state index in [-0.39, 0.29) is 18.3 Å². The summed E-state index contributed by atoms with van der Waals surface area (Å²) >= 11 is 0. The summed E-state index contributed by atoms with van der Waals surface area (Å²) in [5, 5.41) is 39.0. The van der Waals surface area contributed by atoms with Gasteiger partial charge in [-0.3, -0.25) is 4.79 Å². The summed E-state index contributed by atoms with van der Waals surface area (Å²) in [5.74, 6) is 3.34. The molecular formula is C21H39NO6. The number of carboxylic acids is 1. The van der Waals surface area contributed by atoms with Crippen LogP contribution in [0.4, 0.5) is 0 Å². The Balaban J connectivity index is 0.00000227. The van der Waals surface area contributed by atoms with E-state index in [2.05, 4.69) is 17.7 Å². The number of aliphatic carboxylic acids is 1. The maximum Gasteiger partial charge on any atom is 0.303 e. The molecule has 1 fully saturated rings. The lowest BCUT2D eigenvalue weighted by molar-refractivity contribution is -0.137. The van der Waals surface area contributed by atoms with Crippen LogP contribution in [0.5, 0.6) is 0 Å². The van der Waals surface area contributed by atoms with Gasteiger partial charge in [0, 0.05) is 18.8 Å². The fourth-order valence-electron chi connectivity index (χ4n) is 3.41. The molecule has 0 aromatic carbocycles. The second-order valence-electron chi connectivity index (χ2n) is 7.29. The molecule has 28 heavy (non-hydrogen) atoms. The van der Waals surface area contributed by atoms with Gasteiger partial charge in [0.15, 0.2) is 0 Å². The lowest BCUT2D eigenvalue weighted by Crippen LogP contribution is -2.20. The van der Waals surface area contributed by atoms with Gasteiger partial charge in [0.2, 0.25) is 0 Å². The van der Waals surface area contributed by atoms with E-state index in [9.17, 15) is 20.1 Å². The van der Waals surface area contributed by atoms with Gasteiger partial charge < -0.3 is 25.3 Å². The van der Waals surface area contributed by atoms with Crippen molar-refractivity contribution in [2.45, 2.75) is 83.0 Å². The smallest absolute Gasteiger partial charge is 0.303 e. The Morgan fingerprint density at radius 3 is 2.50 bits per heavy atom. The Morgan fingerprint density at radius 2 is 1.89 bits per heavy atom. The molecule has 0 aromatic heterocycles. The number of nitrogens with two attached hydrogens (primary N) is 1. The van der Waals surface area contributed by atoms with Crippen molar-refractivity contribution < 1.29 is 30.1 Å². The maximum atomic E-state index is 10.5. The fourth-order valence-corrected chi connectivity index (χ4v) is 3.41. The second kappa shape index (κ2) is 16.7. The van der Waals surface area contributed by atoms with Crippen LogP contribution in [0.25, 0.3) is 0 Å². The molecule has 7 nitrogen and oxygen atoms in total. The van der Waals surface area contributed by atoms with Gasteiger partial charge in [-0.2, -0.15) is 0 Å². The molecule has 0 aromatic rings. The molecule has 0 bridgehead atoms. The minimum Gasteiger partial charge on any atom is -0.481 e. The Morgan fingerprint density at radius 1 is 1.21 bits per heavy atom. The zero-order valence-electron chi connectivity index (χ0n) is 17.2. The number of carboxylic acid groups (broad SMARTS) is 1. The highest BCUT2D eigenvalue weighted by molar-refractivity contribution is 5.66. The van der Waals surface area contributed by atoms with Crippen molar-refractivity contribution >= 4 is 5.97 Å². The SMILES string of the molecule is CCCCCC(O)/C=C/C1C(O)CC(O)C1C/C=C/CCCC(=O)O.CON. The van der Waals surface area contributed by atoms with Gasteiger partial charge in [-0.1, -0.05) is 50.5 Å². The van der Waals surface area contributed by atoms with E-state index in [0.717, 1.165) is 25.7 Å². The number of aliphatic hydroxyl groups excluding tert-OH is 3. The van der Waals surface area contributed by atoms with Gasteiger partial charge in [-0.05, 0) is 31.6 Å². The van der Waals surface area contributed by atoms with Crippen molar-refractivity contribution in [1.29, 1.82) is 0 Å². The molecule has 0 radical (unpaired) electrons. The molecule has 6 N–H and O–H groups in total. The Labute approximate surface area is 168 Å². The monoisotopic (exact) mass is 401 g/mol. The molecule has 7 heteroatoms. The molecule has 0 amide bonds. The number of hydrogen-bond donors (Lipinski definition) is 5. The molecule has 0 heterocycles. The van der Waals surface area contributed by atoms with Gasteiger partial charge in [-0.25, -0.2) is 5.90 Å². The Bertz CT molecular complexity index is 454. The molecule has 1 aliphatic carbocycles. The van der Waals surface area contributed by atoms with Crippen LogP contribution in [0.3, 0.4) is 0 Å². The standard InChI is InChI=1S/C20H34O5.CH5NO/c1-2-3-6-9-15(21)12-13-17-16(18(22)14-19(17)23)10-7-4-5-8-11-20(24)25;1-3-2/h4,7,12-13,15-19,21-23H,2-3,5-6,8-11,14H2,1H3,(H,24,25);2H2,1H3/b7-4+,13-12+;. The maximum absolute atomic E-state index is 10.5. The quantitative estimate of drug-likeness (QED) is 0.193. The first-order chi connectivity index (χ1) is 13.4. The molecular weight excluding hydrogens is 362 g/mol. The average molecular weight is 402 g/mol. The van der Waals surface area contributed by atoms with E-state index in [1.54, 1.807) is 6.08 Å². The number of carbonyl (C=O) groups is 1. The number of unbranched alkanes of at least 4 members (excludes halogenated alkanes) is 3. The third kappa shape index (κ3) is 12.3. The van der Waals surface area contributed by atoms with E-state index in [1.165, 1.54) is 7.11 Å². The first-order valence-electron chi connectivity index (χ1n) is 10.2. The van der Waals surface area contributed by atoms with E-state index in [1.807, 2.05) is 18.2 Å². The minimum atomic E-state index is -0.787. The average Bonchev–Trinajstić information content (AvgIpc) is 2.89. The molecule has 1 aliphatic rings. The zero-order chi connectivity index (χ0) is 21.4. The van der Waals surface area contributed by atoms with E-state index < -0.39 is 24.3 Å². The minimum absolute atomic E-state index is 0.0650. The Hall–Kier alpha value is -1.25. The van der Waals surface area contributed by atoms with Crippen LogP contribution in [0, 0.1) is 11.8 Å². The first kappa shape index (κ1) is 26.8. The summed E-state index contributed by atoms with van der Waals surface area (Å²) in [6.07, 6.45) is 12.3. The molecule has 0 spiro atoms. The zero-order valence-corrected chi connectivity index (χ0v) is 17.2. The molecule has 0 aliphatic heterocycles. The number of allylic oxidation sites excluding steroid dienone is 2.